The highest BCUT2D eigenvalue weighted by Crippen LogP contribution is 2.27. The Morgan fingerprint density at radius 2 is 1.83 bits per heavy atom. The van der Waals surface area contributed by atoms with Gasteiger partial charge in [0.1, 0.15) is 10.6 Å². The molecule has 23 heavy (non-hydrogen) atoms. The Bertz CT molecular complexity index is 854. The van der Waals surface area contributed by atoms with Gasteiger partial charge >= 0.3 is 0 Å². The second-order valence-electron chi connectivity index (χ2n) is 4.32. The predicted octanol–water partition coefficient (Wildman–Crippen LogP) is 3.97. The number of ether oxygens (including phenoxy) is 1. The minimum absolute atomic E-state index is 0.112. The maximum Gasteiger partial charge on any atom is 0.280 e. The van der Waals surface area contributed by atoms with Crippen molar-refractivity contribution in [3.05, 3.63) is 57.0 Å². The van der Waals surface area contributed by atoms with Crippen LogP contribution in [0.25, 0.3) is 0 Å². The summed E-state index contributed by atoms with van der Waals surface area (Å²) in [5.41, 5.74) is 0.583. The van der Waals surface area contributed by atoms with E-state index < -0.39 is 10.0 Å². The molecule has 5 nitrogen and oxygen atoms in total. The molecule has 0 heterocycles. The van der Waals surface area contributed by atoms with Gasteiger partial charge in [-0.15, -0.1) is 0 Å². The van der Waals surface area contributed by atoms with Crippen molar-refractivity contribution >= 4 is 51.0 Å². The van der Waals surface area contributed by atoms with E-state index in [9.17, 15) is 8.42 Å². The van der Waals surface area contributed by atoms with Crippen LogP contribution in [0.2, 0.25) is 15.1 Å². The molecule has 0 fully saturated rings. The number of rotatable bonds is 5. The zero-order valence-corrected chi connectivity index (χ0v) is 14.8. The first kappa shape index (κ1) is 17.9. The van der Waals surface area contributed by atoms with Crippen molar-refractivity contribution in [1.82, 2.24) is 4.83 Å². The van der Waals surface area contributed by atoms with Gasteiger partial charge in [0.2, 0.25) is 0 Å². The molecule has 0 atom stereocenters. The zero-order chi connectivity index (χ0) is 17.0. The fourth-order valence-electron chi connectivity index (χ4n) is 1.67. The lowest BCUT2D eigenvalue weighted by atomic mass is 10.2. The van der Waals surface area contributed by atoms with Gasteiger partial charge in [0.15, 0.2) is 0 Å². The Hall–Kier alpha value is -1.47. The SMILES string of the molecule is COc1ccc(Cl)cc1S(=O)(=O)N/N=C/c1ccc(Cl)c(Cl)c1. The minimum atomic E-state index is -3.93. The van der Waals surface area contributed by atoms with Crippen LogP contribution in [0.4, 0.5) is 0 Å². The molecule has 0 unspecified atom stereocenters. The summed E-state index contributed by atoms with van der Waals surface area (Å²) < 4.78 is 29.5. The first-order chi connectivity index (χ1) is 10.8. The van der Waals surface area contributed by atoms with Gasteiger partial charge in [-0.2, -0.15) is 18.4 Å². The molecule has 0 saturated heterocycles. The molecule has 1 N–H and O–H groups in total. The van der Waals surface area contributed by atoms with Crippen LogP contribution in [0.15, 0.2) is 46.4 Å². The summed E-state index contributed by atoms with van der Waals surface area (Å²) in [5, 5.41) is 4.70. The number of nitrogens with one attached hydrogen (secondary N) is 1. The van der Waals surface area contributed by atoms with Crippen molar-refractivity contribution in [2.24, 2.45) is 5.10 Å². The third-order valence-corrected chi connectivity index (χ3v) is 4.96. The Kier molecular flexibility index (Phi) is 5.75. The molecule has 0 bridgehead atoms. The number of methoxy groups -OCH3 is 1. The standard InChI is InChI=1S/C14H11Cl3N2O3S/c1-22-13-5-3-10(15)7-14(13)23(20,21)19-18-8-9-2-4-11(16)12(17)6-9/h2-8,19H,1H3/b18-8+. The van der Waals surface area contributed by atoms with E-state index in [1.165, 1.54) is 31.5 Å². The molecule has 0 radical (unpaired) electrons. The Morgan fingerprint density at radius 3 is 2.48 bits per heavy atom. The summed E-state index contributed by atoms with van der Waals surface area (Å²) in [7, 11) is -2.57. The van der Waals surface area contributed by atoms with Gasteiger partial charge in [-0.05, 0) is 35.9 Å². The second kappa shape index (κ2) is 7.40. The van der Waals surface area contributed by atoms with Crippen LogP contribution in [0.5, 0.6) is 5.75 Å². The largest absolute Gasteiger partial charge is 0.495 e. The molecule has 2 aromatic carbocycles. The van der Waals surface area contributed by atoms with E-state index >= 15 is 0 Å². The summed E-state index contributed by atoms with van der Waals surface area (Å²) in [4.78, 5) is 1.97. The highest BCUT2D eigenvalue weighted by Gasteiger charge is 2.19. The third-order valence-electron chi connectivity index (χ3n) is 2.75. The fraction of sp³-hybridized carbons (Fsp3) is 0.0714. The van der Waals surface area contributed by atoms with Crippen molar-refractivity contribution in [1.29, 1.82) is 0 Å². The molecule has 2 aromatic rings. The van der Waals surface area contributed by atoms with Crippen molar-refractivity contribution in [3.63, 3.8) is 0 Å². The third kappa shape index (κ3) is 4.51. The van der Waals surface area contributed by atoms with Crippen LogP contribution in [-0.4, -0.2) is 21.7 Å². The average Bonchev–Trinajstić information content (AvgIpc) is 2.50. The van der Waals surface area contributed by atoms with E-state index in [2.05, 4.69) is 9.93 Å². The molecule has 0 aromatic heterocycles. The monoisotopic (exact) mass is 392 g/mol. The first-order valence-corrected chi connectivity index (χ1v) is 8.78. The van der Waals surface area contributed by atoms with E-state index in [0.29, 0.717) is 15.6 Å². The van der Waals surface area contributed by atoms with E-state index in [0.717, 1.165) is 0 Å². The van der Waals surface area contributed by atoms with Crippen molar-refractivity contribution < 1.29 is 13.2 Å². The highest BCUT2D eigenvalue weighted by molar-refractivity contribution is 7.89. The van der Waals surface area contributed by atoms with Crippen LogP contribution in [0.3, 0.4) is 0 Å². The normalized spacial score (nSPS) is 11.7. The topological polar surface area (TPSA) is 67.8 Å². The molecule has 0 spiro atoms. The first-order valence-electron chi connectivity index (χ1n) is 6.17. The predicted molar refractivity (Wildman–Crippen MR) is 92.4 cm³/mol. The van der Waals surface area contributed by atoms with Gasteiger partial charge in [0.25, 0.3) is 10.0 Å². The average molecular weight is 394 g/mol. The summed E-state index contributed by atoms with van der Waals surface area (Å²) in [6.07, 6.45) is 1.30. The summed E-state index contributed by atoms with van der Waals surface area (Å²) in [6.45, 7) is 0. The highest BCUT2D eigenvalue weighted by atomic mass is 35.5. The van der Waals surface area contributed by atoms with Crippen LogP contribution in [-0.2, 0) is 10.0 Å². The Labute approximate surface area is 148 Å². The van der Waals surface area contributed by atoms with Crippen molar-refractivity contribution in [2.75, 3.05) is 7.11 Å². The molecule has 0 aliphatic carbocycles. The molecule has 122 valence electrons. The molecular formula is C14H11Cl3N2O3S. The maximum absolute atomic E-state index is 12.3. The molecule has 0 aliphatic heterocycles. The Balaban J connectivity index is 2.23. The van der Waals surface area contributed by atoms with Gasteiger partial charge in [-0.3, -0.25) is 0 Å². The second-order valence-corrected chi connectivity index (χ2v) is 7.20. The van der Waals surface area contributed by atoms with E-state index in [4.69, 9.17) is 39.5 Å². The number of hydrogen-bond donors (Lipinski definition) is 1. The summed E-state index contributed by atoms with van der Waals surface area (Å²) in [5.74, 6) is 0.159. The van der Waals surface area contributed by atoms with Gasteiger partial charge in [0.05, 0.1) is 23.4 Å². The van der Waals surface area contributed by atoms with E-state index in [1.807, 2.05) is 0 Å². The van der Waals surface area contributed by atoms with Gasteiger partial charge in [-0.25, -0.2) is 0 Å². The van der Waals surface area contributed by atoms with Crippen molar-refractivity contribution in [2.45, 2.75) is 4.90 Å². The summed E-state index contributed by atoms with van der Waals surface area (Å²) >= 11 is 17.5. The minimum Gasteiger partial charge on any atom is -0.495 e. The Morgan fingerprint density at radius 1 is 1.09 bits per heavy atom. The van der Waals surface area contributed by atoms with Crippen LogP contribution < -0.4 is 9.57 Å². The number of sulfonamides is 1. The molecule has 0 amide bonds. The van der Waals surface area contributed by atoms with Gasteiger partial charge < -0.3 is 4.74 Å². The number of nitrogens with zero attached hydrogens (tertiary/aromatic N) is 1. The molecule has 2 rings (SSSR count). The molecular weight excluding hydrogens is 383 g/mol. The van der Waals surface area contributed by atoms with Crippen LogP contribution in [0, 0.1) is 0 Å². The number of hydrogen-bond acceptors (Lipinski definition) is 4. The maximum atomic E-state index is 12.3. The zero-order valence-electron chi connectivity index (χ0n) is 11.8. The smallest absolute Gasteiger partial charge is 0.280 e. The summed E-state index contributed by atoms with van der Waals surface area (Å²) in [6, 6.07) is 9.04. The van der Waals surface area contributed by atoms with Crippen LogP contribution in [0.1, 0.15) is 5.56 Å². The molecule has 0 aliphatic rings. The molecule has 9 heteroatoms. The number of hydrazone groups is 1. The molecule has 0 saturated carbocycles. The van der Waals surface area contributed by atoms with Crippen molar-refractivity contribution in [3.8, 4) is 5.75 Å². The quantitative estimate of drug-likeness (QED) is 0.617. The van der Waals surface area contributed by atoms with E-state index in [1.54, 1.807) is 18.2 Å². The van der Waals surface area contributed by atoms with Gasteiger partial charge in [0, 0.05) is 5.02 Å². The lowest BCUT2D eigenvalue weighted by Gasteiger charge is -2.09. The number of benzene rings is 2. The van der Waals surface area contributed by atoms with Gasteiger partial charge in [-0.1, -0.05) is 40.9 Å². The lowest BCUT2D eigenvalue weighted by molar-refractivity contribution is 0.402. The fourth-order valence-corrected chi connectivity index (χ4v) is 3.20. The lowest BCUT2D eigenvalue weighted by Crippen LogP contribution is -2.19. The van der Waals surface area contributed by atoms with Crippen LogP contribution >= 0.6 is 34.8 Å². The van der Waals surface area contributed by atoms with E-state index in [-0.39, 0.29) is 15.7 Å². The number of halogens is 3.